The molecule has 3 N–H and O–H groups in total. The number of nitrogens with zero attached hydrogens (tertiary/aromatic N) is 2. The molecule has 0 saturated carbocycles. The minimum atomic E-state index is -0.696. The maximum atomic E-state index is 10.9. The quantitative estimate of drug-likeness (QED) is 0.750. The first kappa shape index (κ1) is 14.6. The molecule has 1 aromatic heterocycles. The van der Waals surface area contributed by atoms with Crippen LogP contribution in [0.3, 0.4) is 0 Å². The van der Waals surface area contributed by atoms with Gasteiger partial charge in [-0.1, -0.05) is 0 Å². The molecule has 0 radical (unpaired) electrons. The summed E-state index contributed by atoms with van der Waals surface area (Å²) in [6, 6.07) is 3.82. The lowest BCUT2D eigenvalue weighted by molar-refractivity contribution is -0.142. The number of rotatable bonds is 5. The number of carbonyl (C=O) groups is 1. The molecule has 20 heavy (non-hydrogen) atoms. The Kier molecular flexibility index (Phi) is 4.79. The van der Waals surface area contributed by atoms with Crippen molar-refractivity contribution in [1.82, 2.24) is 4.98 Å². The predicted molar refractivity (Wildman–Crippen MR) is 77.0 cm³/mol. The van der Waals surface area contributed by atoms with Crippen LogP contribution in [0.2, 0.25) is 0 Å². The summed E-state index contributed by atoms with van der Waals surface area (Å²) in [5, 5.41) is 21.2. The molecule has 0 bridgehead atoms. The number of aromatic nitrogens is 1. The number of aliphatic hydroxyl groups excluding tert-OH is 1. The van der Waals surface area contributed by atoms with E-state index in [-0.39, 0.29) is 18.6 Å². The first-order valence-electron chi connectivity index (χ1n) is 6.91. The van der Waals surface area contributed by atoms with Gasteiger partial charge in [-0.05, 0) is 25.8 Å². The lowest BCUT2D eigenvalue weighted by Crippen LogP contribution is -2.36. The smallest absolute Gasteiger partial charge is 0.306 e. The van der Waals surface area contributed by atoms with Gasteiger partial charge in [0.2, 0.25) is 0 Å². The summed E-state index contributed by atoms with van der Waals surface area (Å²) in [4.78, 5) is 17.3. The average molecular weight is 279 g/mol. The molecule has 1 aliphatic rings. The maximum absolute atomic E-state index is 10.9. The van der Waals surface area contributed by atoms with Crippen molar-refractivity contribution >= 4 is 17.5 Å². The highest BCUT2D eigenvalue weighted by atomic mass is 16.4. The van der Waals surface area contributed by atoms with Gasteiger partial charge in [0.1, 0.15) is 5.82 Å². The van der Waals surface area contributed by atoms with E-state index >= 15 is 0 Å². The number of pyridine rings is 1. The van der Waals surface area contributed by atoms with Crippen molar-refractivity contribution in [3.05, 3.63) is 18.3 Å². The van der Waals surface area contributed by atoms with Gasteiger partial charge >= 0.3 is 5.97 Å². The van der Waals surface area contributed by atoms with Crippen molar-refractivity contribution in [2.75, 3.05) is 29.9 Å². The van der Waals surface area contributed by atoms with Crippen LogP contribution in [0.4, 0.5) is 11.5 Å². The maximum Gasteiger partial charge on any atom is 0.306 e. The summed E-state index contributed by atoms with van der Waals surface area (Å²) in [5.41, 5.74) is 1.04. The molecule has 1 saturated heterocycles. The van der Waals surface area contributed by atoms with E-state index in [1.165, 1.54) is 0 Å². The summed E-state index contributed by atoms with van der Waals surface area (Å²) >= 11 is 0. The Morgan fingerprint density at radius 3 is 2.85 bits per heavy atom. The standard InChI is InChI=1S/C14H21N3O3/c1-10(9-18)16-13-8-12(2-5-15-13)17-6-3-11(4-7-17)14(19)20/h2,5,8,10-11,18H,3-4,6-7,9H2,1H3,(H,15,16)(H,19,20). The van der Waals surface area contributed by atoms with E-state index in [9.17, 15) is 4.79 Å². The fourth-order valence-electron chi connectivity index (χ4n) is 2.38. The van der Waals surface area contributed by atoms with Crippen molar-refractivity contribution in [2.24, 2.45) is 5.92 Å². The van der Waals surface area contributed by atoms with Gasteiger partial charge in [0.25, 0.3) is 0 Å². The molecule has 0 aromatic carbocycles. The number of carboxylic acids is 1. The number of carboxylic acid groups (broad SMARTS) is 1. The monoisotopic (exact) mass is 279 g/mol. The first-order valence-corrected chi connectivity index (χ1v) is 6.91. The SMILES string of the molecule is CC(CO)Nc1cc(N2CCC(C(=O)O)CC2)ccn1. The summed E-state index contributed by atoms with van der Waals surface area (Å²) in [6.45, 7) is 3.43. The van der Waals surface area contributed by atoms with Crippen LogP contribution in [-0.4, -0.2) is 46.9 Å². The van der Waals surface area contributed by atoms with Gasteiger partial charge in [-0.2, -0.15) is 0 Å². The van der Waals surface area contributed by atoms with Gasteiger partial charge in [0.05, 0.1) is 12.5 Å². The largest absolute Gasteiger partial charge is 0.481 e. The number of aliphatic hydroxyl groups is 1. The average Bonchev–Trinajstić information content (AvgIpc) is 2.47. The molecular weight excluding hydrogens is 258 g/mol. The summed E-state index contributed by atoms with van der Waals surface area (Å²) in [5.74, 6) is -0.192. The minimum absolute atomic E-state index is 0.0458. The third-order valence-electron chi connectivity index (χ3n) is 3.62. The molecule has 2 rings (SSSR count). The Morgan fingerprint density at radius 2 is 2.25 bits per heavy atom. The Morgan fingerprint density at radius 1 is 1.55 bits per heavy atom. The van der Waals surface area contributed by atoms with Crippen LogP contribution in [0, 0.1) is 5.92 Å². The highest BCUT2D eigenvalue weighted by Crippen LogP contribution is 2.24. The molecule has 0 aliphatic carbocycles. The van der Waals surface area contributed by atoms with Gasteiger partial charge in [-0.25, -0.2) is 4.98 Å². The van der Waals surface area contributed by atoms with Gasteiger partial charge in [-0.3, -0.25) is 4.79 Å². The molecule has 1 fully saturated rings. The van der Waals surface area contributed by atoms with Crippen molar-refractivity contribution in [2.45, 2.75) is 25.8 Å². The molecule has 1 aromatic rings. The molecule has 110 valence electrons. The topological polar surface area (TPSA) is 85.7 Å². The van der Waals surface area contributed by atoms with Crippen LogP contribution in [0.25, 0.3) is 0 Å². The van der Waals surface area contributed by atoms with Gasteiger partial charge < -0.3 is 20.4 Å². The highest BCUT2D eigenvalue weighted by Gasteiger charge is 2.24. The van der Waals surface area contributed by atoms with E-state index in [0.717, 1.165) is 24.6 Å². The van der Waals surface area contributed by atoms with Crippen molar-refractivity contribution in [3.8, 4) is 0 Å². The van der Waals surface area contributed by atoms with Crippen LogP contribution in [-0.2, 0) is 4.79 Å². The van der Waals surface area contributed by atoms with E-state index in [2.05, 4.69) is 15.2 Å². The molecule has 1 atom stereocenters. The number of aliphatic carboxylic acids is 1. The molecular formula is C14H21N3O3. The molecule has 2 heterocycles. The first-order chi connectivity index (χ1) is 9.60. The normalized spacial score (nSPS) is 17.8. The zero-order chi connectivity index (χ0) is 14.5. The fraction of sp³-hybridized carbons (Fsp3) is 0.571. The van der Waals surface area contributed by atoms with Crippen LogP contribution < -0.4 is 10.2 Å². The second-order valence-electron chi connectivity index (χ2n) is 5.23. The number of anilines is 2. The zero-order valence-corrected chi connectivity index (χ0v) is 11.6. The molecule has 0 spiro atoms. The Bertz CT molecular complexity index is 459. The van der Waals surface area contributed by atoms with E-state index in [1.54, 1.807) is 6.20 Å². The van der Waals surface area contributed by atoms with Gasteiger partial charge in [0, 0.05) is 37.1 Å². The molecule has 6 nitrogen and oxygen atoms in total. The lowest BCUT2D eigenvalue weighted by Gasteiger charge is -2.32. The second-order valence-corrected chi connectivity index (χ2v) is 5.23. The van der Waals surface area contributed by atoms with E-state index in [1.807, 2.05) is 19.1 Å². The van der Waals surface area contributed by atoms with Gasteiger partial charge in [0.15, 0.2) is 0 Å². The van der Waals surface area contributed by atoms with E-state index in [4.69, 9.17) is 10.2 Å². The number of hydrogen-bond donors (Lipinski definition) is 3. The molecule has 0 amide bonds. The zero-order valence-electron chi connectivity index (χ0n) is 11.6. The summed E-state index contributed by atoms with van der Waals surface area (Å²) < 4.78 is 0. The Hall–Kier alpha value is -1.82. The van der Waals surface area contributed by atoms with E-state index < -0.39 is 5.97 Å². The third-order valence-corrected chi connectivity index (χ3v) is 3.62. The van der Waals surface area contributed by atoms with Gasteiger partial charge in [-0.15, -0.1) is 0 Å². The molecule has 1 unspecified atom stereocenters. The fourth-order valence-corrected chi connectivity index (χ4v) is 2.38. The van der Waals surface area contributed by atoms with Crippen molar-refractivity contribution < 1.29 is 15.0 Å². The number of nitrogens with one attached hydrogen (secondary N) is 1. The minimum Gasteiger partial charge on any atom is -0.481 e. The highest BCUT2D eigenvalue weighted by molar-refractivity contribution is 5.70. The van der Waals surface area contributed by atoms with E-state index in [0.29, 0.717) is 12.8 Å². The van der Waals surface area contributed by atoms with Crippen LogP contribution in [0.15, 0.2) is 18.3 Å². The number of piperidine rings is 1. The third kappa shape index (κ3) is 3.60. The Balaban J connectivity index is 1.99. The second kappa shape index (κ2) is 6.56. The molecule has 6 heteroatoms. The van der Waals surface area contributed by atoms with Crippen LogP contribution in [0.1, 0.15) is 19.8 Å². The van der Waals surface area contributed by atoms with Crippen LogP contribution in [0.5, 0.6) is 0 Å². The summed E-state index contributed by atoms with van der Waals surface area (Å²) in [7, 11) is 0. The number of hydrogen-bond acceptors (Lipinski definition) is 5. The summed E-state index contributed by atoms with van der Waals surface area (Å²) in [6.07, 6.45) is 3.08. The van der Waals surface area contributed by atoms with Crippen LogP contribution >= 0.6 is 0 Å². The molecule has 1 aliphatic heterocycles. The predicted octanol–water partition coefficient (Wildman–Crippen LogP) is 1.18. The lowest BCUT2D eigenvalue weighted by atomic mass is 9.97. The van der Waals surface area contributed by atoms with Crippen molar-refractivity contribution in [1.29, 1.82) is 0 Å². The Labute approximate surface area is 118 Å². The van der Waals surface area contributed by atoms with Crippen molar-refractivity contribution in [3.63, 3.8) is 0 Å².